The number of carbonyl (C=O) groups is 2. The highest BCUT2D eigenvalue weighted by molar-refractivity contribution is 7.15. The molecular formula is C21H17ClN2O5S. The number of carbonyl (C=O) groups excluding carboxylic acids is 2. The summed E-state index contributed by atoms with van der Waals surface area (Å²) < 4.78 is 5.18. The number of nitrogens with one attached hydrogen (secondary N) is 1. The van der Waals surface area contributed by atoms with Crippen molar-refractivity contribution in [3.8, 4) is 11.1 Å². The summed E-state index contributed by atoms with van der Waals surface area (Å²) in [5.74, 6) is -1.04. The molecule has 0 atom stereocenters. The maximum Gasteiger partial charge on any atom is 0.341 e. The largest absolute Gasteiger partial charge is 0.462 e. The molecule has 0 saturated heterocycles. The van der Waals surface area contributed by atoms with Crippen LogP contribution in [0.1, 0.15) is 33.2 Å². The van der Waals surface area contributed by atoms with Crippen molar-refractivity contribution < 1.29 is 19.2 Å². The number of benzene rings is 2. The molecule has 30 heavy (non-hydrogen) atoms. The highest BCUT2D eigenvalue weighted by Crippen LogP contribution is 2.37. The number of nitrogens with zero attached hydrogens (tertiary/aromatic N) is 1. The summed E-state index contributed by atoms with van der Waals surface area (Å²) in [6, 6.07) is 11.1. The van der Waals surface area contributed by atoms with E-state index in [1.54, 1.807) is 43.5 Å². The molecular weight excluding hydrogens is 428 g/mol. The van der Waals surface area contributed by atoms with Gasteiger partial charge in [0.1, 0.15) is 10.6 Å². The van der Waals surface area contributed by atoms with Gasteiger partial charge >= 0.3 is 5.97 Å². The minimum absolute atomic E-state index is 0.0695. The van der Waals surface area contributed by atoms with Gasteiger partial charge in [-0.05, 0) is 43.7 Å². The zero-order valence-electron chi connectivity index (χ0n) is 16.1. The average molecular weight is 445 g/mol. The molecule has 1 heterocycles. The van der Waals surface area contributed by atoms with E-state index in [-0.39, 0.29) is 23.4 Å². The molecule has 0 bridgehead atoms. The Kier molecular flexibility index (Phi) is 6.49. The molecule has 3 aromatic rings. The second kappa shape index (κ2) is 9.06. The van der Waals surface area contributed by atoms with E-state index in [4.69, 9.17) is 16.3 Å². The molecule has 154 valence electrons. The summed E-state index contributed by atoms with van der Waals surface area (Å²) >= 11 is 7.14. The number of hydrogen-bond acceptors (Lipinski definition) is 6. The third-order valence-electron chi connectivity index (χ3n) is 4.31. The van der Waals surface area contributed by atoms with Crippen LogP contribution in [0.5, 0.6) is 0 Å². The van der Waals surface area contributed by atoms with Gasteiger partial charge in [-0.3, -0.25) is 14.9 Å². The van der Waals surface area contributed by atoms with Gasteiger partial charge in [-0.15, -0.1) is 11.3 Å². The summed E-state index contributed by atoms with van der Waals surface area (Å²) in [4.78, 5) is 35.8. The molecule has 0 aliphatic heterocycles. The minimum Gasteiger partial charge on any atom is -0.462 e. The fourth-order valence-corrected chi connectivity index (χ4v) is 3.95. The first kappa shape index (κ1) is 21.5. The fourth-order valence-electron chi connectivity index (χ4n) is 2.87. The van der Waals surface area contributed by atoms with Crippen molar-refractivity contribution in [3.63, 3.8) is 0 Å². The molecule has 1 N–H and O–H groups in total. The molecule has 9 heteroatoms. The van der Waals surface area contributed by atoms with Crippen LogP contribution in [0.25, 0.3) is 11.1 Å². The van der Waals surface area contributed by atoms with Crippen molar-refractivity contribution in [3.05, 3.63) is 79.7 Å². The number of halogens is 1. The van der Waals surface area contributed by atoms with Crippen molar-refractivity contribution in [2.75, 3.05) is 11.9 Å². The standard InChI is InChI=1S/C21H17ClN2O5S/c1-3-29-21(26)18-16(13-4-7-15(22)8-5-13)11-30-20(18)23-19(25)14-6-9-17(24(27)28)12(2)10-14/h4-11H,3H2,1-2H3,(H,23,25). The van der Waals surface area contributed by atoms with E-state index in [9.17, 15) is 19.7 Å². The molecule has 3 rings (SSSR count). The molecule has 0 fully saturated rings. The van der Waals surface area contributed by atoms with E-state index in [0.29, 0.717) is 21.2 Å². The quantitative estimate of drug-likeness (QED) is 0.298. The highest BCUT2D eigenvalue weighted by atomic mass is 35.5. The molecule has 0 aliphatic rings. The third-order valence-corrected chi connectivity index (χ3v) is 5.46. The second-order valence-electron chi connectivity index (χ2n) is 6.29. The lowest BCUT2D eigenvalue weighted by molar-refractivity contribution is -0.385. The van der Waals surface area contributed by atoms with Gasteiger partial charge in [0.2, 0.25) is 0 Å². The van der Waals surface area contributed by atoms with Crippen molar-refractivity contribution in [1.29, 1.82) is 0 Å². The van der Waals surface area contributed by atoms with Crippen LogP contribution in [0.3, 0.4) is 0 Å². The van der Waals surface area contributed by atoms with Gasteiger partial charge in [-0.2, -0.15) is 0 Å². The van der Waals surface area contributed by atoms with E-state index in [1.165, 1.54) is 29.5 Å². The van der Waals surface area contributed by atoms with Gasteiger partial charge in [-0.25, -0.2) is 4.79 Å². The molecule has 0 unspecified atom stereocenters. The summed E-state index contributed by atoms with van der Waals surface area (Å²) in [5, 5.41) is 16.4. The summed E-state index contributed by atoms with van der Waals surface area (Å²) in [7, 11) is 0. The number of rotatable bonds is 6. The van der Waals surface area contributed by atoms with Crippen LogP contribution in [-0.4, -0.2) is 23.4 Å². The number of nitro benzene ring substituents is 1. The summed E-state index contributed by atoms with van der Waals surface area (Å²) in [5.41, 5.74) is 2.16. The van der Waals surface area contributed by atoms with Crippen LogP contribution in [0.2, 0.25) is 5.02 Å². The first-order valence-electron chi connectivity index (χ1n) is 8.92. The van der Waals surface area contributed by atoms with E-state index in [0.717, 1.165) is 5.56 Å². The number of thiophene rings is 1. The molecule has 7 nitrogen and oxygen atoms in total. The van der Waals surface area contributed by atoms with Gasteiger partial charge in [0, 0.05) is 33.2 Å². The summed E-state index contributed by atoms with van der Waals surface area (Å²) in [6.07, 6.45) is 0. The maximum absolute atomic E-state index is 12.7. The van der Waals surface area contributed by atoms with Gasteiger partial charge < -0.3 is 10.1 Å². The Morgan fingerprint density at radius 1 is 1.20 bits per heavy atom. The predicted molar refractivity (Wildman–Crippen MR) is 117 cm³/mol. The first-order valence-corrected chi connectivity index (χ1v) is 10.2. The fraction of sp³-hybridized carbons (Fsp3) is 0.143. The SMILES string of the molecule is CCOC(=O)c1c(-c2ccc(Cl)cc2)csc1NC(=O)c1ccc([N+](=O)[O-])c(C)c1. The van der Waals surface area contributed by atoms with Crippen molar-refractivity contribution in [2.45, 2.75) is 13.8 Å². The highest BCUT2D eigenvalue weighted by Gasteiger charge is 2.23. The lowest BCUT2D eigenvalue weighted by Crippen LogP contribution is -2.15. The minimum atomic E-state index is -0.557. The smallest absolute Gasteiger partial charge is 0.341 e. The molecule has 0 aliphatic carbocycles. The lowest BCUT2D eigenvalue weighted by atomic mass is 10.0. The number of esters is 1. The van der Waals surface area contributed by atoms with E-state index in [1.807, 2.05) is 0 Å². The Morgan fingerprint density at radius 3 is 2.50 bits per heavy atom. The molecule has 1 aromatic heterocycles. The molecule has 0 saturated carbocycles. The Hall–Kier alpha value is -3.23. The Bertz CT molecular complexity index is 1120. The van der Waals surface area contributed by atoms with Gasteiger partial charge in [0.25, 0.3) is 11.6 Å². The van der Waals surface area contributed by atoms with E-state index >= 15 is 0 Å². The Labute approximate surface area is 181 Å². The average Bonchev–Trinajstić information content (AvgIpc) is 3.11. The van der Waals surface area contributed by atoms with Crippen LogP contribution in [0.15, 0.2) is 47.8 Å². The van der Waals surface area contributed by atoms with E-state index in [2.05, 4.69) is 5.32 Å². The first-order chi connectivity index (χ1) is 14.3. The Balaban J connectivity index is 1.96. The maximum atomic E-state index is 12.7. The molecule has 2 aromatic carbocycles. The van der Waals surface area contributed by atoms with Crippen LogP contribution in [0, 0.1) is 17.0 Å². The van der Waals surface area contributed by atoms with Gasteiger partial charge in [-0.1, -0.05) is 23.7 Å². The number of nitro groups is 1. The van der Waals surface area contributed by atoms with Crippen LogP contribution in [0.4, 0.5) is 10.7 Å². The predicted octanol–water partition coefficient (Wildman–Crippen LogP) is 5.71. The third kappa shape index (κ3) is 4.50. The normalized spacial score (nSPS) is 10.5. The molecule has 0 spiro atoms. The van der Waals surface area contributed by atoms with Crippen molar-refractivity contribution in [2.24, 2.45) is 0 Å². The van der Waals surface area contributed by atoms with Crippen LogP contribution in [-0.2, 0) is 4.74 Å². The number of aryl methyl sites for hydroxylation is 1. The monoisotopic (exact) mass is 444 g/mol. The number of anilines is 1. The number of amides is 1. The topological polar surface area (TPSA) is 98.5 Å². The number of ether oxygens (including phenoxy) is 1. The number of hydrogen-bond donors (Lipinski definition) is 1. The van der Waals surface area contributed by atoms with E-state index < -0.39 is 16.8 Å². The Morgan fingerprint density at radius 2 is 1.90 bits per heavy atom. The molecule has 1 amide bonds. The van der Waals surface area contributed by atoms with Crippen molar-refractivity contribution in [1.82, 2.24) is 0 Å². The van der Waals surface area contributed by atoms with Crippen LogP contribution < -0.4 is 5.32 Å². The molecule has 0 radical (unpaired) electrons. The summed E-state index contributed by atoms with van der Waals surface area (Å²) in [6.45, 7) is 3.44. The zero-order valence-corrected chi connectivity index (χ0v) is 17.7. The van der Waals surface area contributed by atoms with Crippen LogP contribution >= 0.6 is 22.9 Å². The van der Waals surface area contributed by atoms with Crippen molar-refractivity contribution >= 4 is 45.5 Å². The lowest BCUT2D eigenvalue weighted by Gasteiger charge is -2.09. The second-order valence-corrected chi connectivity index (χ2v) is 7.61. The zero-order chi connectivity index (χ0) is 21.8. The van der Waals surface area contributed by atoms with Gasteiger partial charge in [0.15, 0.2) is 0 Å². The van der Waals surface area contributed by atoms with Gasteiger partial charge in [0.05, 0.1) is 11.5 Å².